The van der Waals surface area contributed by atoms with E-state index in [2.05, 4.69) is 17.6 Å². The third-order valence-corrected chi connectivity index (χ3v) is 6.49. The van der Waals surface area contributed by atoms with Gasteiger partial charge in [0.25, 0.3) is 0 Å². The lowest BCUT2D eigenvalue weighted by Gasteiger charge is -2.22. The molecular formula is C32H54N2O5. The van der Waals surface area contributed by atoms with Crippen LogP contribution in [0.5, 0.6) is 0 Å². The molecule has 7 nitrogen and oxygen atoms in total. The number of esters is 1. The van der Waals surface area contributed by atoms with Crippen LogP contribution < -0.4 is 10.6 Å². The SMILES string of the molecule is CCCCCCCCCCCCNC(=O)[C@H](CCCCNC(=O)OCc1ccccc1)CC(=O)OC(C)(C)C. The van der Waals surface area contributed by atoms with E-state index in [9.17, 15) is 14.4 Å². The summed E-state index contributed by atoms with van der Waals surface area (Å²) in [5.74, 6) is -0.885. The quantitative estimate of drug-likeness (QED) is 0.123. The standard InChI is InChI=1S/C32H54N2O5/c1-5-6-7-8-9-10-11-12-13-18-23-33-30(36)28(25-29(35)39-32(2,3)4)22-17-19-24-34-31(37)38-26-27-20-15-14-16-21-27/h14-16,20-21,28H,5-13,17-19,22-26H2,1-4H3,(H,33,36)(H,34,37)/t28-/m1/s1. The fourth-order valence-electron chi connectivity index (χ4n) is 4.36. The Labute approximate surface area is 237 Å². The van der Waals surface area contributed by atoms with Crippen molar-refractivity contribution in [3.8, 4) is 0 Å². The number of alkyl carbamates (subject to hydrolysis) is 1. The number of unbranched alkanes of at least 4 members (excludes halogenated alkanes) is 10. The highest BCUT2D eigenvalue weighted by atomic mass is 16.6. The van der Waals surface area contributed by atoms with Gasteiger partial charge in [-0.1, -0.05) is 101 Å². The fraction of sp³-hybridized carbons (Fsp3) is 0.719. The Morgan fingerprint density at radius 1 is 0.769 bits per heavy atom. The van der Waals surface area contributed by atoms with E-state index in [4.69, 9.17) is 9.47 Å². The van der Waals surface area contributed by atoms with Gasteiger partial charge in [-0.05, 0) is 45.6 Å². The van der Waals surface area contributed by atoms with Gasteiger partial charge in [-0.25, -0.2) is 4.79 Å². The molecule has 0 heterocycles. The highest BCUT2D eigenvalue weighted by Gasteiger charge is 2.25. The number of amides is 2. The van der Waals surface area contributed by atoms with Gasteiger partial charge >= 0.3 is 12.1 Å². The lowest BCUT2D eigenvalue weighted by atomic mass is 9.97. The first-order chi connectivity index (χ1) is 18.7. The van der Waals surface area contributed by atoms with Crippen molar-refractivity contribution in [1.82, 2.24) is 10.6 Å². The number of carbonyl (C=O) groups excluding carboxylic acids is 3. The minimum Gasteiger partial charge on any atom is -0.460 e. The Hall–Kier alpha value is -2.57. The lowest BCUT2D eigenvalue weighted by molar-refractivity contribution is -0.157. The fourth-order valence-corrected chi connectivity index (χ4v) is 4.36. The van der Waals surface area contributed by atoms with Gasteiger partial charge in [0.05, 0.1) is 6.42 Å². The molecule has 0 fully saturated rings. The first-order valence-corrected chi connectivity index (χ1v) is 15.2. The van der Waals surface area contributed by atoms with E-state index < -0.39 is 17.6 Å². The molecule has 0 spiro atoms. The van der Waals surface area contributed by atoms with Crippen molar-refractivity contribution >= 4 is 18.0 Å². The largest absolute Gasteiger partial charge is 0.460 e. The van der Waals surface area contributed by atoms with Crippen LogP contribution in [-0.4, -0.2) is 36.7 Å². The molecule has 0 aliphatic rings. The van der Waals surface area contributed by atoms with Gasteiger partial charge in [0.2, 0.25) is 5.91 Å². The second-order valence-electron chi connectivity index (χ2n) is 11.4. The van der Waals surface area contributed by atoms with Crippen LogP contribution in [0.1, 0.15) is 123 Å². The summed E-state index contributed by atoms with van der Waals surface area (Å²) in [6.07, 6.45) is 14.0. The first-order valence-electron chi connectivity index (χ1n) is 15.2. The molecule has 2 N–H and O–H groups in total. The summed E-state index contributed by atoms with van der Waals surface area (Å²) in [5.41, 5.74) is 0.347. The molecule has 1 aromatic rings. The van der Waals surface area contributed by atoms with Crippen LogP contribution in [0, 0.1) is 5.92 Å². The number of benzene rings is 1. The van der Waals surface area contributed by atoms with Gasteiger partial charge in [-0.3, -0.25) is 9.59 Å². The van der Waals surface area contributed by atoms with Crippen molar-refractivity contribution in [2.24, 2.45) is 5.92 Å². The Bertz CT molecular complexity index is 791. The number of nitrogens with one attached hydrogen (secondary N) is 2. The molecule has 0 bridgehead atoms. The molecule has 0 saturated carbocycles. The second kappa shape index (κ2) is 21.3. The summed E-state index contributed by atoms with van der Waals surface area (Å²) >= 11 is 0. The van der Waals surface area contributed by atoms with E-state index in [0.717, 1.165) is 18.4 Å². The predicted octanol–water partition coefficient (Wildman–Crippen LogP) is 7.47. The van der Waals surface area contributed by atoms with Crippen molar-refractivity contribution < 1.29 is 23.9 Å². The van der Waals surface area contributed by atoms with Crippen molar-refractivity contribution in [1.29, 1.82) is 0 Å². The third kappa shape index (κ3) is 20.1. The average Bonchev–Trinajstić information content (AvgIpc) is 2.89. The molecule has 0 aliphatic heterocycles. The molecule has 0 radical (unpaired) electrons. The third-order valence-electron chi connectivity index (χ3n) is 6.49. The maximum atomic E-state index is 12.9. The summed E-state index contributed by atoms with van der Waals surface area (Å²) in [4.78, 5) is 37.2. The number of rotatable bonds is 21. The summed E-state index contributed by atoms with van der Waals surface area (Å²) in [7, 11) is 0. The molecule has 0 unspecified atom stereocenters. The summed E-state index contributed by atoms with van der Waals surface area (Å²) < 4.78 is 10.7. The van der Waals surface area contributed by atoms with Crippen LogP contribution in [0.3, 0.4) is 0 Å². The summed E-state index contributed by atoms with van der Waals surface area (Å²) in [6.45, 7) is 9.03. The predicted molar refractivity (Wildman–Crippen MR) is 157 cm³/mol. The van der Waals surface area contributed by atoms with Crippen LogP contribution >= 0.6 is 0 Å². The van der Waals surface area contributed by atoms with Crippen molar-refractivity contribution in [2.45, 2.75) is 130 Å². The Morgan fingerprint density at radius 2 is 1.33 bits per heavy atom. The van der Waals surface area contributed by atoms with Crippen LogP contribution in [-0.2, 0) is 25.7 Å². The molecule has 2 amide bonds. The zero-order valence-corrected chi connectivity index (χ0v) is 25.0. The molecule has 0 saturated heterocycles. The highest BCUT2D eigenvalue weighted by molar-refractivity contribution is 5.83. The zero-order chi connectivity index (χ0) is 28.8. The summed E-state index contributed by atoms with van der Waals surface area (Å²) in [6, 6.07) is 9.52. The molecular weight excluding hydrogens is 492 g/mol. The molecule has 1 rings (SSSR count). The Balaban J connectivity index is 2.30. The first kappa shape index (κ1) is 34.5. The lowest BCUT2D eigenvalue weighted by Crippen LogP contribution is -2.34. The minimum absolute atomic E-state index is 0.0632. The van der Waals surface area contributed by atoms with E-state index >= 15 is 0 Å². The van der Waals surface area contributed by atoms with Gasteiger partial charge < -0.3 is 20.1 Å². The van der Waals surface area contributed by atoms with E-state index in [1.807, 2.05) is 51.1 Å². The number of hydrogen-bond donors (Lipinski definition) is 2. The van der Waals surface area contributed by atoms with Crippen molar-refractivity contribution in [3.63, 3.8) is 0 Å². The smallest absolute Gasteiger partial charge is 0.407 e. The van der Waals surface area contributed by atoms with Gasteiger partial charge in [0.1, 0.15) is 12.2 Å². The van der Waals surface area contributed by atoms with Crippen LogP contribution in [0.15, 0.2) is 30.3 Å². The van der Waals surface area contributed by atoms with Crippen LogP contribution in [0.25, 0.3) is 0 Å². The van der Waals surface area contributed by atoms with Gasteiger partial charge in [0.15, 0.2) is 0 Å². The van der Waals surface area contributed by atoms with E-state index in [-0.39, 0.29) is 24.9 Å². The van der Waals surface area contributed by atoms with E-state index in [1.54, 1.807) is 0 Å². The zero-order valence-electron chi connectivity index (χ0n) is 25.0. The number of ether oxygens (including phenoxy) is 2. The van der Waals surface area contributed by atoms with Gasteiger partial charge in [-0.2, -0.15) is 0 Å². The second-order valence-corrected chi connectivity index (χ2v) is 11.4. The minimum atomic E-state index is -0.585. The van der Waals surface area contributed by atoms with Crippen molar-refractivity contribution in [3.05, 3.63) is 35.9 Å². The normalized spacial score (nSPS) is 12.0. The Kier molecular flexibility index (Phi) is 18.8. The topological polar surface area (TPSA) is 93.7 Å². The van der Waals surface area contributed by atoms with Crippen LogP contribution in [0.2, 0.25) is 0 Å². The highest BCUT2D eigenvalue weighted by Crippen LogP contribution is 2.18. The molecule has 7 heteroatoms. The molecule has 1 aromatic carbocycles. The molecule has 39 heavy (non-hydrogen) atoms. The van der Waals surface area contributed by atoms with E-state index in [1.165, 1.54) is 51.4 Å². The monoisotopic (exact) mass is 546 g/mol. The van der Waals surface area contributed by atoms with E-state index in [0.29, 0.717) is 32.4 Å². The average molecular weight is 547 g/mol. The van der Waals surface area contributed by atoms with Crippen molar-refractivity contribution in [2.75, 3.05) is 13.1 Å². The molecule has 0 aliphatic carbocycles. The summed E-state index contributed by atoms with van der Waals surface area (Å²) in [5, 5.41) is 5.78. The molecule has 1 atom stereocenters. The number of carbonyl (C=O) groups is 3. The molecule has 0 aromatic heterocycles. The molecule has 222 valence electrons. The van der Waals surface area contributed by atoms with Gasteiger partial charge in [-0.15, -0.1) is 0 Å². The maximum Gasteiger partial charge on any atom is 0.407 e. The van der Waals surface area contributed by atoms with Gasteiger partial charge in [0, 0.05) is 19.0 Å². The maximum absolute atomic E-state index is 12.9. The van der Waals surface area contributed by atoms with Crippen LogP contribution in [0.4, 0.5) is 4.79 Å². The Morgan fingerprint density at radius 3 is 1.95 bits per heavy atom. The number of hydrogen-bond acceptors (Lipinski definition) is 5.